The molecule has 0 fully saturated rings. The van der Waals surface area contributed by atoms with Crippen LogP contribution in [-0.2, 0) is 11.3 Å². The molecule has 0 atom stereocenters. The predicted octanol–water partition coefficient (Wildman–Crippen LogP) is 4.03. The summed E-state index contributed by atoms with van der Waals surface area (Å²) < 4.78 is 5.16. The predicted molar refractivity (Wildman–Crippen MR) is 97.8 cm³/mol. The summed E-state index contributed by atoms with van der Waals surface area (Å²) in [7, 11) is 1.61. The van der Waals surface area contributed by atoms with E-state index in [1.54, 1.807) is 25.3 Å². The maximum absolute atomic E-state index is 11.4. The molecule has 2 aromatic carbocycles. The summed E-state index contributed by atoms with van der Waals surface area (Å²) in [4.78, 5) is 24.2. The largest absolute Gasteiger partial charge is 0.497 e. The van der Waals surface area contributed by atoms with Crippen molar-refractivity contribution in [1.29, 1.82) is 0 Å². The Morgan fingerprint density at radius 3 is 2.56 bits per heavy atom. The molecule has 1 N–H and O–H groups in total. The highest BCUT2D eigenvalue weighted by atomic mass is 35.5. The molecule has 0 aliphatic heterocycles. The van der Waals surface area contributed by atoms with E-state index in [2.05, 4.69) is 0 Å². The van der Waals surface area contributed by atoms with Gasteiger partial charge in [-0.05, 0) is 42.3 Å². The lowest BCUT2D eigenvalue weighted by Gasteiger charge is -2.26. The van der Waals surface area contributed by atoms with Crippen LogP contribution in [0.15, 0.2) is 42.5 Å². The van der Waals surface area contributed by atoms with E-state index in [9.17, 15) is 9.59 Å². The highest BCUT2D eigenvalue weighted by Gasteiger charge is 2.13. The van der Waals surface area contributed by atoms with Gasteiger partial charge in [0.15, 0.2) is 6.29 Å². The van der Waals surface area contributed by atoms with Crippen molar-refractivity contribution in [1.82, 2.24) is 0 Å². The normalized spacial score (nSPS) is 10.3. The molecule has 0 saturated carbocycles. The first kappa shape index (κ1) is 18.8. The number of benzene rings is 2. The summed E-state index contributed by atoms with van der Waals surface area (Å²) in [6.45, 7) is 1.03. The van der Waals surface area contributed by atoms with Gasteiger partial charge >= 0.3 is 5.97 Å². The zero-order valence-electron chi connectivity index (χ0n) is 13.9. The molecule has 132 valence electrons. The van der Waals surface area contributed by atoms with Gasteiger partial charge in [0.2, 0.25) is 0 Å². The van der Waals surface area contributed by atoms with Gasteiger partial charge in [0.05, 0.1) is 7.11 Å². The van der Waals surface area contributed by atoms with E-state index < -0.39 is 5.97 Å². The molecule has 0 aliphatic rings. The lowest BCUT2D eigenvalue weighted by Crippen LogP contribution is -2.25. The van der Waals surface area contributed by atoms with Gasteiger partial charge in [0, 0.05) is 35.8 Å². The van der Waals surface area contributed by atoms with Gasteiger partial charge in [-0.25, -0.2) is 0 Å². The van der Waals surface area contributed by atoms with E-state index in [1.807, 2.05) is 29.2 Å². The number of hydrogen-bond donors (Lipinski definition) is 1. The van der Waals surface area contributed by atoms with Gasteiger partial charge in [0.1, 0.15) is 5.75 Å². The highest BCUT2D eigenvalue weighted by molar-refractivity contribution is 6.31. The number of aldehydes is 1. The Kier molecular flexibility index (Phi) is 6.83. The smallest absolute Gasteiger partial charge is 0.303 e. The molecule has 5 nitrogen and oxygen atoms in total. The van der Waals surface area contributed by atoms with Crippen LogP contribution in [0.5, 0.6) is 5.75 Å². The number of nitrogens with zero attached hydrogens (tertiary/aromatic N) is 1. The monoisotopic (exact) mass is 361 g/mol. The van der Waals surface area contributed by atoms with Crippen molar-refractivity contribution in [3.63, 3.8) is 0 Å². The molecule has 0 aromatic heterocycles. The number of halogens is 1. The first-order valence-corrected chi connectivity index (χ1v) is 8.25. The first-order chi connectivity index (χ1) is 12.0. The molecule has 0 heterocycles. The summed E-state index contributed by atoms with van der Waals surface area (Å²) >= 11 is 6.09. The van der Waals surface area contributed by atoms with E-state index in [0.29, 0.717) is 35.8 Å². The maximum Gasteiger partial charge on any atom is 0.303 e. The third kappa shape index (κ3) is 5.50. The van der Waals surface area contributed by atoms with Crippen LogP contribution in [-0.4, -0.2) is 31.0 Å². The molecule has 6 heteroatoms. The molecule has 0 aliphatic carbocycles. The third-order valence-electron chi connectivity index (χ3n) is 3.81. The van der Waals surface area contributed by atoms with Crippen LogP contribution >= 0.6 is 11.6 Å². The summed E-state index contributed by atoms with van der Waals surface area (Å²) in [5, 5.41) is 9.41. The quantitative estimate of drug-likeness (QED) is 0.683. The van der Waals surface area contributed by atoms with Crippen molar-refractivity contribution in [2.75, 3.05) is 18.6 Å². The SMILES string of the molecule is COc1ccc(CN(CCCC(=O)O)c2cc(Cl)ccc2C=O)cc1. The van der Waals surface area contributed by atoms with Gasteiger partial charge in [-0.15, -0.1) is 0 Å². The third-order valence-corrected chi connectivity index (χ3v) is 4.05. The Bertz CT molecular complexity index is 731. The lowest BCUT2D eigenvalue weighted by molar-refractivity contribution is -0.137. The number of hydrogen-bond acceptors (Lipinski definition) is 4. The maximum atomic E-state index is 11.4. The van der Waals surface area contributed by atoms with E-state index in [0.717, 1.165) is 17.6 Å². The summed E-state index contributed by atoms with van der Waals surface area (Å²) in [6, 6.07) is 12.7. The van der Waals surface area contributed by atoms with Gasteiger partial charge < -0.3 is 14.7 Å². The second-order valence-corrected chi connectivity index (χ2v) is 6.02. The van der Waals surface area contributed by atoms with E-state index in [4.69, 9.17) is 21.4 Å². The van der Waals surface area contributed by atoms with Crippen molar-refractivity contribution in [3.8, 4) is 5.75 Å². The lowest BCUT2D eigenvalue weighted by atomic mass is 10.1. The Morgan fingerprint density at radius 1 is 1.24 bits per heavy atom. The van der Waals surface area contributed by atoms with Crippen molar-refractivity contribution in [2.24, 2.45) is 0 Å². The fourth-order valence-electron chi connectivity index (χ4n) is 2.55. The Morgan fingerprint density at radius 2 is 1.96 bits per heavy atom. The number of carboxylic acids is 1. The molecule has 2 rings (SSSR count). The minimum Gasteiger partial charge on any atom is -0.497 e. The summed E-state index contributed by atoms with van der Waals surface area (Å²) in [6.07, 6.45) is 1.32. The highest BCUT2D eigenvalue weighted by Crippen LogP contribution is 2.26. The van der Waals surface area contributed by atoms with E-state index >= 15 is 0 Å². The van der Waals surface area contributed by atoms with E-state index in [1.165, 1.54) is 0 Å². The molecule has 0 unspecified atom stereocenters. The van der Waals surface area contributed by atoms with Crippen LogP contribution in [0.25, 0.3) is 0 Å². The van der Waals surface area contributed by atoms with Gasteiger partial charge in [-0.1, -0.05) is 23.7 Å². The number of carbonyl (C=O) groups is 2. The number of methoxy groups -OCH3 is 1. The Hall–Kier alpha value is -2.53. The summed E-state index contributed by atoms with van der Waals surface area (Å²) in [5.41, 5.74) is 2.24. The zero-order valence-corrected chi connectivity index (χ0v) is 14.7. The van der Waals surface area contributed by atoms with Gasteiger partial charge in [0.25, 0.3) is 0 Å². The molecule has 0 radical (unpaired) electrons. The van der Waals surface area contributed by atoms with Crippen LogP contribution in [0, 0.1) is 0 Å². The molecule has 0 saturated heterocycles. The second-order valence-electron chi connectivity index (χ2n) is 5.59. The number of carboxylic acid groups (broad SMARTS) is 1. The Balaban J connectivity index is 2.26. The number of rotatable bonds is 9. The second kappa shape index (κ2) is 9.08. The van der Waals surface area contributed by atoms with Crippen LogP contribution < -0.4 is 9.64 Å². The molecule has 0 spiro atoms. The van der Waals surface area contributed by atoms with Crippen molar-refractivity contribution in [3.05, 3.63) is 58.6 Å². The molecular weight excluding hydrogens is 342 g/mol. The van der Waals surface area contributed by atoms with Crippen molar-refractivity contribution >= 4 is 29.5 Å². The molecule has 0 bridgehead atoms. The first-order valence-electron chi connectivity index (χ1n) is 7.88. The van der Waals surface area contributed by atoms with Crippen molar-refractivity contribution in [2.45, 2.75) is 19.4 Å². The van der Waals surface area contributed by atoms with Crippen LogP contribution in [0.4, 0.5) is 5.69 Å². The van der Waals surface area contributed by atoms with Gasteiger partial charge in [-0.3, -0.25) is 9.59 Å². The number of ether oxygens (including phenoxy) is 1. The van der Waals surface area contributed by atoms with Crippen LogP contribution in [0.1, 0.15) is 28.8 Å². The fraction of sp³-hybridized carbons (Fsp3) is 0.263. The Labute approximate surface area is 151 Å². The van der Waals surface area contributed by atoms with E-state index in [-0.39, 0.29) is 6.42 Å². The number of carbonyl (C=O) groups excluding carboxylic acids is 1. The number of aliphatic carboxylic acids is 1. The average Bonchev–Trinajstić information content (AvgIpc) is 2.61. The van der Waals surface area contributed by atoms with Crippen molar-refractivity contribution < 1.29 is 19.4 Å². The molecule has 2 aromatic rings. The molecule has 0 amide bonds. The minimum absolute atomic E-state index is 0.0656. The van der Waals surface area contributed by atoms with Gasteiger partial charge in [-0.2, -0.15) is 0 Å². The minimum atomic E-state index is -0.842. The number of anilines is 1. The molecular formula is C19H20ClNO4. The standard InChI is InChI=1S/C19H20ClNO4/c1-25-17-8-4-14(5-9-17)12-21(10-2-3-19(23)24)18-11-16(20)7-6-15(18)13-22/h4-9,11,13H,2-3,10,12H2,1H3,(H,23,24). The molecule has 25 heavy (non-hydrogen) atoms. The zero-order chi connectivity index (χ0) is 18.2. The van der Waals surface area contributed by atoms with Crippen LogP contribution in [0.3, 0.4) is 0 Å². The fourth-order valence-corrected chi connectivity index (χ4v) is 2.71. The topological polar surface area (TPSA) is 66.8 Å². The average molecular weight is 362 g/mol. The van der Waals surface area contributed by atoms with Crippen LogP contribution in [0.2, 0.25) is 5.02 Å². The summed E-state index contributed by atoms with van der Waals surface area (Å²) in [5.74, 6) is -0.0800.